The van der Waals surface area contributed by atoms with Crippen molar-refractivity contribution in [3.63, 3.8) is 0 Å². The van der Waals surface area contributed by atoms with Gasteiger partial charge in [-0.2, -0.15) is 13.2 Å². The molecule has 0 fully saturated rings. The molecule has 112 valence electrons. The van der Waals surface area contributed by atoms with E-state index in [1.165, 1.54) is 12.1 Å². The average Bonchev–Trinajstić information content (AvgIpc) is 2.76. The molecule has 0 atom stereocenters. The molecule has 2 aromatic carbocycles. The standard InChI is InChI=1S/C16H9ClF3NO/c17-13-8-10(16(18,19)20)6-5-9(13)7-12-11-3-1-2-4-14(11)21-15(12)22/h1-8H,(H,21,22). The molecule has 3 rings (SSSR count). The van der Waals surface area contributed by atoms with Gasteiger partial charge < -0.3 is 5.32 Å². The van der Waals surface area contributed by atoms with Gasteiger partial charge in [0.1, 0.15) is 0 Å². The number of hydrogen-bond acceptors (Lipinski definition) is 1. The summed E-state index contributed by atoms with van der Waals surface area (Å²) in [5.41, 5.74) is 1.27. The van der Waals surface area contributed by atoms with Gasteiger partial charge in [-0.1, -0.05) is 35.9 Å². The summed E-state index contributed by atoms with van der Waals surface area (Å²) < 4.78 is 37.9. The van der Waals surface area contributed by atoms with E-state index in [4.69, 9.17) is 11.6 Å². The van der Waals surface area contributed by atoms with E-state index in [9.17, 15) is 18.0 Å². The molecule has 2 aromatic rings. The molecule has 1 amide bonds. The average molecular weight is 324 g/mol. The highest BCUT2D eigenvalue weighted by atomic mass is 35.5. The van der Waals surface area contributed by atoms with E-state index in [1.54, 1.807) is 24.3 Å². The number of nitrogens with one attached hydrogen (secondary N) is 1. The van der Waals surface area contributed by atoms with E-state index in [-0.39, 0.29) is 10.9 Å². The van der Waals surface area contributed by atoms with Crippen molar-refractivity contribution in [1.82, 2.24) is 0 Å². The van der Waals surface area contributed by atoms with Crippen molar-refractivity contribution < 1.29 is 18.0 Å². The lowest BCUT2D eigenvalue weighted by Gasteiger charge is -2.08. The molecule has 0 saturated heterocycles. The molecule has 0 unspecified atom stereocenters. The number of benzene rings is 2. The van der Waals surface area contributed by atoms with Crippen molar-refractivity contribution >= 4 is 34.8 Å². The van der Waals surface area contributed by atoms with Crippen LogP contribution >= 0.6 is 11.6 Å². The fourth-order valence-corrected chi connectivity index (χ4v) is 2.49. The van der Waals surface area contributed by atoms with Gasteiger partial charge >= 0.3 is 6.18 Å². The van der Waals surface area contributed by atoms with Crippen LogP contribution in [0.15, 0.2) is 42.5 Å². The highest BCUT2D eigenvalue weighted by Crippen LogP contribution is 2.36. The Kier molecular flexibility index (Phi) is 3.45. The molecule has 0 aliphatic carbocycles. The third-order valence-corrected chi connectivity index (χ3v) is 3.67. The van der Waals surface area contributed by atoms with Crippen LogP contribution in [0.25, 0.3) is 11.6 Å². The van der Waals surface area contributed by atoms with Gasteiger partial charge in [0.15, 0.2) is 0 Å². The molecular weight excluding hydrogens is 315 g/mol. The molecule has 1 heterocycles. The largest absolute Gasteiger partial charge is 0.416 e. The Balaban J connectivity index is 2.05. The van der Waals surface area contributed by atoms with Crippen LogP contribution in [-0.4, -0.2) is 5.91 Å². The molecule has 22 heavy (non-hydrogen) atoms. The lowest BCUT2D eigenvalue weighted by Crippen LogP contribution is -2.05. The summed E-state index contributed by atoms with van der Waals surface area (Å²) in [6.07, 6.45) is -2.96. The van der Waals surface area contributed by atoms with E-state index in [2.05, 4.69) is 5.32 Å². The summed E-state index contributed by atoms with van der Waals surface area (Å²) in [5, 5.41) is 2.64. The number of halogens is 4. The molecule has 0 aromatic heterocycles. The van der Waals surface area contributed by atoms with Gasteiger partial charge in [0.05, 0.1) is 5.56 Å². The van der Waals surface area contributed by atoms with Crippen LogP contribution in [0.4, 0.5) is 18.9 Å². The predicted molar refractivity (Wildman–Crippen MR) is 79.4 cm³/mol. The second-order valence-electron chi connectivity index (χ2n) is 4.79. The summed E-state index contributed by atoms with van der Waals surface area (Å²) in [4.78, 5) is 12.0. The zero-order valence-electron chi connectivity index (χ0n) is 11.0. The third kappa shape index (κ3) is 2.60. The Bertz CT molecular complexity index is 796. The molecule has 0 saturated carbocycles. The minimum Gasteiger partial charge on any atom is -0.321 e. The first-order valence-electron chi connectivity index (χ1n) is 6.35. The first-order chi connectivity index (χ1) is 10.4. The summed E-state index contributed by atoms with van der Waals surface area (Å²) in [6, 6.07) is 10.1. The van der Waals surface area contributed by atoms with Crippen molar-refractivity contribution in [3.05, 3.63) is 64.2 Å². The van der Waals surface area contributed by atoms with Gasteiger partial charge in [0.2, 0.25) is 0 Å². The monoisotopic (exact) mass is 323 g/mol. The van der Waals surface area contributed by atoms with Gasteiger partial charge in [-0.15, -0.1) is 0 Å². The number of fused-ring (bicyclic) bond motifs is 1. The first kappa shape index (κ1) is 14.7. The number of amides is 1. The third-order valence-electron chi connectivity index (χ3n) is 3.34. The Morgan fingerprint density at radius 3 is 2.50 bits per heavy atom. The maximum Gasteiger partial charge on any atom is 0.416 e. The van der Waals surface area contributed by atoms with Crippen LogP contribution in [-0.2, 0) is 11.0 Å². The van der Waals surface area contributed by atoms with Crippen LogP contribution in [0, 0.1) is 0 Å². The lowest BCUT2D eigenvalue weighted by molar-refractivity contribution is -0.137. The fraction of sp³-hybridized carbons (Fsp3) is 0.0625. The molecule has 0 spiro atoms. The molecule has 1 aliphatic rings. The zero-order chi connectivity index (χ0) is 15.9. The molecule has 6 heteroatoms. The normalized spacial score (nSPS) is 15.8. The van der Waals surface area contributed by atoms with E-state index >= 15 is 0 Å². The Morgan fingerprint density at radius 2 is 1.82 bits per heavy atom. The van der Waals surface area contributed by atoms with E-state index in [0.717, 1.165) is 12.1 Å². The second-order valence-corrected chi connectivity index (χ2v) is 5.20. The minimum absolute atomic E-state index is 0.0560. The number of anilines is 1. The molecule has 0 bridgehead atoms. The van der Waals surface area contributed by atoms with Gasteiger partial charge in [-0.25, -0.2) is 0 Å². The van der Waals surface area contributed by atoms with Crippen molar-refractivity contribution in [2.24, 2.45) is 0 Å². The Labute approximate surface area is 129 Å². The second kappa shape index (κ2) is 5.18. The predicted octanol–water partition coefficient (Wildman–Crippen LogP) is 4.85. The minimum atomic E-state index is -4.45. The first-order valence-corrected chi connectivity index (χ1v) is 6.73. The number of carbonyl (C=O) groups is 1. The summed E-state index contributed by atoms with van der Waals surface area (Å²) in [5.74, 6) is -0.308. The van der Waals surface area contributed by atoms with Crippen LogP contribution in [0.2, 0.25) is 5.02 Å². The van der Waals surface area contributed by atoms with Crippen LogP contribution in [0.5, 0.6) is 0 Å². The molecule has 0 radical (unpaired) electrons. The maximum atomic E-state index is 12.6. The topological polar surface area (TPSA) is 29.1 Å². The molecule has 1 N–H and O–H groups in total. The van der Waals surface area contributed by atoms with Crippen molar-refractivity contribution in [2.75, 3.05) is 5.32 Å². The smallest absolute Gasteiger partial charge is 0.321 e. The van der Waals surface area contributed by atoms with Crippen LogP contribution < -0.4 is 5.32 Å². The van der Waals surface area contributed by atoms with Gasteiger partial charge in [0.25, 0.3) is 5.91 Å². The number of hydrogen-bond donors (Lipinski definition) is 1. The summed E-state index contributed by atoms with van der Waals surface area (Å²) in [7, 11) is 0. The molecule has 2 nitrogen and oxygen atoms in total. The number of para-hydroxylation sites is 1. The van der Waals surface area contributed by atoms with Crippen LogP contribution in [0.3, 0.4) is 0 Å². The number of alkyl halides is 3. The zero-order valence-corrected chi connectivity index (χ0v) is 11.8. The van der Waals surface area contributed by atoms with Gasteiger partial charge in [-0.05, 0) is 29.8 Å². The highest BCUT2D eigenvalue weighted by molar-refractivity contribution is 6.37. The summed E-state index contributed by atoms with van der Waals surface area (Å²) >= 11 is 5.91. The lowest BCUT2D eigenvalue weighted by atomic mass is 10.0. The van der Waals surface area contributed by atoms with Crippen molar-refractivity contribution in [2.45, 2.75) is 6.18 Å². The van der Waals surface area contributed by atoms with E-state index in [0.29, 0.717) is 22.4 Å². The molecule has 1 aliphatic heterocycles. The van der Waals surface area contributed by atoms with E-state index in [1.807, 2.05) is 0 Å². The number of carbonyl (C=O) groups excluding carboxylic acids is 1. The summed E-state index contributed by atoms with van der Waals surface area (Å²) in [6.45, 7) is 0. The quantitative estimate of drug-likeness (QED) is 0.747. The number of rotatable bonds is 1. The van der Waals surface area contributed by atoms with Crippen LogP contribution in [0.1, 0.15) is 16.7 Å². The maximum absolute atomic E-state index is 12.6. The molecular formula is C16H9ClF3NO. The van der Waals surface area contributed by atoms with Gasteiger partial charge in [-0.3, -0.25) is 4.79 Å². The van der Waals surface area contributed by atoms with Crippen molar-refractivity contribution in [1.29, 1.82) is 0 Å². The Morgan fingerprint density at radius 1 is 1.09 bits per heavy atom. The highest BCUT2D eigenvalue weighted by Gasteiger charge is 2.31. The fourth-order valence-electron chi connectivity index (χ4n) is 2.26. The van der Waals surface area contributed by atoms with Gasteiger partial charge in [0, 0.05) is 21.8 Å². The Hall–Kier alpha value is -2.27. The van der Waals surface area contributed by atoms with E-state index < -0.39 is 11.7 Å². The van der Waals surface area contributed by atoms with Crippen molar-refractivity contribution in [3.8, 4) is 0 Å². The SMILES string of the molecule is O=C1Nc2ccccc2C1=Cc1ccc(C(F)(F)F)cc1Cl.